The van der Waals surface area contributed by atoms with Gasteiger partial charge in [-0.15, -0.1) is 11.3 Å². The number of nitrogens with one attached hydrogen (secondary N) is 2. The highest BCUT2D eigenvalue weighted by Gasteiger charge is 2.17. The van der Waals surface area contributed by atoms with E-state index in [2.05, 4.69) is 10.6 Å². The molecule has 1 atom stereocenters. The smallest absolute Gasteiger partial charge is 0.413 e. The number of hydrogen-bond donors (Lipinski definition) is 2. The van der Waals surface area contributed by atoms with Crippen molar-refractivity contribution in [1.29, 1.82) is 0 Å². The van der Waals surface area contributed by atoms with Crippen molar-refractivity contribution in [1.82, 2.24) is 10.6 Å². The molecular weight excluding hydrogens is 312 g/mol. The topological polar surface area (TPSA) is 67.4 Å². The Morgan fingerprint density at radius 3 is 2.57 bits per heavy atom. The van der Waals surface area contributed by atoms with E-state index in [4.69, 9.17) is 4.74 Å². The van der Waals surface area contributed by atoms with Crippen molar-refractivity contribution >= 4 is 23.3 Å². The van der Waals surface area contributed by atoms with Crippen LogP contribution in [0.2, 0.25) is 0 Å². The molecule has 0 aliphatic rings. The minimum Gasteiger partial charge on any atom is -0.450 e. The van der Waals surface area contributed by atoms with Crippen molar-refractivity contribution in [3.05, 3.63) is 57.8 Å². The van der Waals surface area contributed by atoms with Crippen LogP contribution in [-0.2, 0) is 9.53 Å². The van der Waals surface area contributed by atoms with Gasteiger partial charge in [-0.2, -0.15) is 0 Å². The van der Waals surface area contributed by atoms with Gasteiger partial charge in [-0.1, -0.05) is 35.9 Å². The van der Waals surface area contributed by atoms with Crippen LogP contribution >= 0.6 is 11.3 Å². The van der Waals surface area contributed by atoms with Gasteiger partial charge in [0.25, 0.3) is 0 Å². The predicted octanol–water partition coefficient (Wildman–Crippen LogP) is 3.01. The molecule has 2 rings (SSSR count). The number of amides is 2. The summed E-state index contributed by atoms with van der Waals surface area (Å²) >= 11 is 1.62. The van der Waals surface area contributed by atoms with Crippen LogP contribution in [0.4, 0.5) is 4.79 Å². The fourth-order valence-electron chi connectivity index (χ4n) is 2.12. The molecule has 0 unspecified atom stereocenters. The highest BCUT2D eigenvalue weighted by Crippen LogP contribution is 2.26. The van der Waals surface area contributed by atoms with Gasteiger partial charge in [0.15, 0.2) is 0 Å². The number of carbonyl (C=O) groups excluding carboxylic acids is 2. The summed E-state index contributed by atoms with van der Waals surface area (Å²) in [6.45, 7) is 3.97. The van der Waals surface area contributed by atoms with E-state index in [0.29, 0.717) is 0 Å². The van der Waals surface area contributed by atoms with Crippen LogP contribution in [0.3, 0.4) is 0 Å². The monoisotopic (exact) mass is 332 g/mol. The minimum atomic E-state index is -0.720. The molecular formula is C17H20N2O3S. The largest absolute Gasteiger partial charge is 0.450 e. The summed E-state index contributed by atoms with van der Waals surface area (Å²) in [6.07, 6.45) is -0.720. The third-order valence-corrected chi connectivity index (χ3v) is 4.16. The molecule has 0 bridgehead atoms. The first-order chi connectivity index (χ1) is 11.1. The molecule has 2 aromatic rings. The Balaban J connectivity index is 2.03. The Labute approximate surface area is 139 Å². The summed E-state index contributed by atoms with van der Waals surface area (Å²) in [6, 6.07) is 12.1. The van der Waals surface area contributed by atoms with Gasteiger partial charge in [-0.3, -0.25) is 15.4 Å². The van der Waals surface area contributed by atoms with Crippen LogP contribution in [0.25, 0.3) is 0 Å². The Kier molecular flexibility index (Phi) is 6.31. The third kappa shape index (κ3) is 5.19. The number of rotatable bonds is 6. The second-order valence-corrected chi connectivity index (χ2v) is 5.99. The molecule has 1 aromatic carbocycles. The Morgan fingerprint density at radius 1 is 1.22 bits per heavy atom. The summed E-state index contributed by atoms with van der Waals surface area (Å²) in [5, 5.41) is 7.38. The van der Waals surface area contributed by atoms with E-state index in [0.717, 1.165) is 10.4 Å². The number of ether oxygens (including phenoxy) is 1. The molecule has 5 nitrogen and oxygen atoms in total. The molecule has 2 N–H and O–H groups in total. The molecule has 0 aliphatic heterocycles. The molecule has 0 radical (unpaired) electrons. The molecule has 0 saturated carbocycles. The standard InChI is InChI=1S/C17H20N2O3S/c1-3-22-17(21)19-15(20)11-18-16(14-5-4-10-23-14)13-8-6-12(2)7-9-13/h4-10,16,18H,3,11H2,1-2H3,(H,19,20,21)/t16-/m1/s1. The zero-order valence-electron chi connectivity index (χ0n) is 13.2. The lowest BCUT2D eigenvalue weighted by molar-refractivity contribution is -0.119. The number of hydrogen-bond acceptors (Lipinski definition) is 5. The van der Waals surface area contributed by atoms with E-state index in [-0.39, 0.29) is 19.2 Å². The van der Waals surface area contributed by atoms with E-state index in [1.54, 1.807) is 18.3 Å². The van der Waals surface area contributed by atoms with Crippen LogP contribution in [0, 0.1) is 6.92 Å². The van der Waals surface area contributed by atoms with E-state index < -0.39 is 12.0 Å². The molecule has 122 valence electrons. The average Bonchev–Trinajstić information content (AvgIpc) is 3.03. The summed E-state index contributed by atoms with van der Waals surface area (Å²) < 4.78 is 4.69. The summed E-state index contributed by atoms with van der Waals surface area (Å²) in [5.41, 5.74) is 2.25. The van der Waals surface area contributed by atoms with Crippen LogP contribution < -0.4 is 10.6 Å². The molecule has 6 heteroatoms. The third-order valence-electron chi connectivity index (χ3n) is 3.22. The molecule has 0 saturated heterocycles. The molecule has 23 heavy (non-hydrogen) atoms. The van der Waals surface area contributed by atoms with Crippen molar-refractivity contribution in [2.75, 3.05) is 13.2 Å². The van der Waals surface area contributed by atoms with Crippen LogP contribution in [0.5, 0.6) is 0 Å². The Morgan fingerprint density at radius 2 is 1.96 bits per heavy atom. The fourth-order valence-corrected chi connectivity index (χ4v) is 2.94. The van der Waals surface area contributed by atoms with Gasteiger partial charge in [-0.05, 0) is 30.9 Å². The lowest BCUT2D eigenvalue weighted by atomic mass is 10.0. The van der Waals surface area contributed by atoms with Crippen molar-refractivity contribution in [3.8, 4) is 0 Å². The second kappa shape index (κ2) is 8.45. The lowest BCUT2D eigenvalue weighted by Crippen LogP contribution is -2.39. The number of thiophene rings is 1. The summed E-state index contributed by atoms with van der Waals surface area (Å²) in [5.74, 6) is -0.419. The van der Waals surface area contributed by atoms with Crippen molar-refractivity contribution < 1.29 is 14.3 Å². The zero-order valence-corrected chi connectivity index (χ0v) is 14.0. The van der Waals surface area contributed by atoms with Crippen molar-refractivity contribution in [2.24, 2.45) is 0 Å². The van der Waals surface area contributed by atoms with E-state index in [9.17, 15) is 9.59 Å². The summed E-state index contributed by atoms with van der Waals surface area (Å²) in [4.78, 5) is 24.2. The van der Waals surface area contributed by atoms with E-state index in [1.807, 2.05) is 48.7 Å². The van der Waals surface area contributed by atoms with Crippen LogP contribution in [-0.4, -0.2) is 25.2 Å². The van der Waals surface area contributed by atoms with Crippen LogP contribution in [0.1, 0.15) is 29.0 Å². The molecule has 0 spiro atoms. The van der Waals surface area contributed by atoms with Crippen molar-refractivity contribution in [2.45, 2.75) is 19.9 Å². The lowest BCUT2D eigenvalue weighted by Gasteiger charge is -2.18. The highest BCUT2D eigenvalue weighted by atomic mass is 32.1. The predicted molar refractivity (Wildman–Crippen MR) is 90.5 cm³/mol. The zero-order chi connectivity index (χ0) is 16.7. The van der Waals surface area contributed by atoms with Gasteiger partial charge in [-0.25, -0.2) is 4.79 Å². The molecule has 1 heterocycles. The van der Waals surface area contributed by atoms with E-state index >= 15 is 0 Å². The van der Waals surface area contributed by atoms with Gasteiger partial charge in [0.1, 0.15) is 0 Å². The first-order valence-corrected chi connectivity index (χ1v) is 8.28. The van der Waals surface area contributed by atoms with Gasteiger partial charge in [0, 0.05) is 4.88 Å². The maximum atomic E-state index is 11.8. The maximum absolute atomic E-state index is 11.8. The van der Waals surface area contributed by atoms with Gasteiger partial charge in [0.2, 0.25) is 5.91 Å². The van der Waals surface area contributed by atoms with Crippen LogP contribution in [0.15, 0.2) is 41.8 Å². The van der Waals surface area contributed by atoms with E-state index in [1.165, 1.54) is 5.56 Å². The molecule has 2 amide bonds. The number of benzene rings is 1. The first-order valence-electron chi connectivity index (χ1n) is 7.40. The number of alkyl carbamates (subject to hydrolysis) is 1. The molecule has 0 aliphatic carbocycles. The normalized spacial score (nSPS) is 11.7. The first kappa shape index (κ1) is 17.2. The Bertz CT molecular complexity index is 638. The molecule has 0 fully saturated rings. The molecule has 1 aromatic heterocycles. The average molecular weight is 332 g/mol. The Hall–Kier alpha value is -2.18. The minimum absolute atomic E-state index is 0.0231. The van der Waals surface area contributed by atoms with Gasteiger partial charge in [0.05, 0.1) is 19.2 Å². The number of aryl methyl sites for hydroxylation is 1. The van der Waals surface area contributed by atoms with Gasteiger partial charge >= 0.3 is 6.09 Å². The second-order valence-electron chi connectivity index (χ2n) is 5.01. The maximum Gasteiger partial charge on any atom is 0.413 e. The summed E-state index contributed by atoms with van der Waals surface area (Å²) in [7, 11) is 0. The number of imide groups is 1. The van der Waals surface area contributed by atoms with Gasteiger partial charge < -0.3 is 4.74 Å². The SMILES string of the molecule is CCOC(=O)NC(=O)CN[C@H](c1ccc(C)cc1)c1cccs1. The number of carbonyl (C=O) groups is 2. The fraction of sp³-hybridized carbons (Fsp3) is 0.294. The van der Waals surface area contributed by atoms with Crippen molar-refractivity contribution in [3.63, 3.8) is 0 Å². The highest BCUT2D eigenvalue weighted by molar-refractivity contribution is 7.10. The quantitative estimate of drug-likeness (QED) is 0.853.